The first-order valence-electron chi connectivity index (χ1n) is 7.47. The van der Waals surface area contributed by atoms with Crippen LogP contribution in [0, 0.1) is 0 Å². The van der Waals surface area contributed by atoms with Gasteiger partial charge in [-0.15, -0.1) is 37.1 Å². The van der Waals surface area contributed by atoms with E-state index in [1.165, 1.54) is 24.3 Å². The predicted molar refractivity (Wildman–Crippen MR) is 105 cm³/mol. The zero-order valence-corrected chi connectivity index (χ0v) is 16.0. The summed E-state index contributed by atoms with van der Waals surface area (Å²) in [5.41, 5.74) is 7.28. The van der Waals surface area contributed by atoms with Gasteiger partial charge in [0.1, 0.15) is 5.75 Å². The van der Waals surface area contributed by atoms with Gasteiger partial charge in [0, 0.05) is 5.69 Å². The number of nitrogens with one attached hydrogen (secondary N) is 1. The number of nitrogens with zero attached hydrogens (tertiary/aromatic N) is 1. The molecule has 3 N–H and O–H groups in total. The van der Waals surface area contributed by atoms with E-state index in [0.29, 0.717) is 25.4 Å². The first kappa shape index (κ1) is 22.0. The van der Waals surface area contributed by atoms with Gasteiger partial charge < -0.3 is 20.5 Å². The van der Waals surface area contributed by atoms with Gasteiger partial charge in [-0.3, -0.25) is 4.99 Å². The van der Waals surface area contributed by atoms with Crippen LogP contribution in [0.2, 0.25) is 0 Å². The van der Waals surface area contributed by atoms with E-state index in [2.05, 4.69) is 15.0 Å². The fourth-order valence-corrected chi connectivity index (χ4v) is 1.92. The quantitative estimate of drug-likeness (QED) is 0.270. The maximum absolute atomic E-state index is 12.1. The minimum atomic E-state index is -4.71. The third kappa shape index (κ3) is 8.90. The number of alkyl halides is 3. The Morgan fingerprint density at radius 3 is 2.31 bits per heavy atom. The molecule has 26 heavy (non-hydrogen) atoms. The zero-order chi connectivity index (χ0) is 18.1. The monoisotopic (exact) mass is 481 g/mol. The molecule has 0 aliphatic carbocycles. The summed E-state index contributed by atoms with van der Waals surface area (Å²) < 4.78 is 45.5. The number of hydrogen-bond acceptors (Lipinski definition) is 3. The van der Waals surface area contributed by atoms with Crippen LogP contribution in [0.3, 0.4) is 0 Å². The first-order chi connectivity index (χ1) is 11.9. The Hall–Kier alpha value is -2.01. The average molecular weight is 481 g/mol. The molecule has 0 amide bonds. The predicted octanol–water partition coefficient (Wildman–Crippen LogP) is 4.15. The lowest BCUT2D eigenvalue weighted by molar-refractivity contribution is -0.274. The fourth-order valence-electron chi connectivity index (χ4n) is 1.92. The van der Waals surface area contributed by atoms with Crippen LogP contribution >= 0.6 is 24.0 Å². The molecular formula is C17H19F3IN3O2. The molecule has 0 unspecified atom stereocenters. The summed E-state index contributed by atoms with van der Waals surface area (Å²) in [4.78, 5) is 4.08. The molecular weight excluding hydrogens is 462 g/mol. The molecule has 0 heterocycles. The summed E-state index contributed by atoms with van der Waals surface area (Å²) >= 11 is 0. The molecule has 0 saturated heterocycles. The van der Waals surface area contributed by atoms with Crippen molar-refractivity contribution in [3.8, 4) is 5.75 Å². The number of anilines is 1. The topological polar surface area (TPSA) is 68.9 Å². The zero-order valence-electron chi connectivity index (χ0n) is 13.7. The van der Waals surface area contributed by atoms with Crippen LogP contribution in [0.25, 0.3) is 0 Å². The maximum atomic E-state index is 12.1. The van der Waals surface area contributed by atoms with E-state index in [-0.39, 0.29) is 35.7 Å². The Labute approximate surface area is 166 Å². The maximum Gasteiger partial charge on any atom is 0.573 e. The van der Waals surface area contributed by atoms with E-state index >= 15 is 0 Å². The second-order valence-corrected chi connectivity index (χ2v) is 5.00. The van der Waals surface area contributed by atoms with Crippen molar-refractivity contribution in [2.75, 3.05) is 18.5 Å². The normalized spacial score (nSPS) is 11.6. The van der Waals surface area contributed by atoms with Crippen LogP contribution in [0.4, 0.5) is 18.9 Å². The number of ether oxygens (including phenoxy) is 2. The van der Waals surface area contributed by atoms with Gasteiger partial charge in [0.2, 0.25) is 0 Å². The lowest BCUT2D eigenvalue weighted by atomic mass is 10.2. The van der Waals surface area contributed by atoms with Gasteiger partial charge in [0.25, 0.3) is 0 Å². The SMILES string of the molecule is I.NC(=NCCOCc1ccccc1)Nc1ccc(OC(F)(F)F)cc1. The first-order valence-corrected chi connectivity index (χ1v) is 7.47. The number of hydrogen-bond donors (Lipinski definition) is 2. The number of benzene rings is 2. The van der Waals surface area contributed by atoms with Crippen molar-refractivity contribution in [2.24, 2.45) is 10.7 Å². The molecule has 5 nitrogen and oxygen atoms in total. The van der Waals surface area contributed by atoms with Crippen molar-refractivity contribution >= 4 is 35.6 Å². The van der Waals surface area contributed by atoms with Crippen LogP contribution in [0.5, 0.6) is 5.75 Å². The van der Waals surface area contributed by atoms with Gasteiger partial charge in [-0.05, 0) is 29.8 Å². The summed E-state index contributed by atoms with van der Waals surface area (Å²) in [5, 5.41) is 2.78. The van der Waals surface area contributed by atoms with Gasteiger partial charge in [-0.2, -0.15) is 0 Å². The molecule has 0 fully saturated rings. The second kappa shape index (κ2) is 10.9. The van der Waals surface area contributed by atoms with Gasteiger partial charge in [0.15, 0.2) is 5.96 Å². The number of aliphatic imine (C=N–C) groups is 1. The van der Waals surface area contributed by atoms with E-state index in [1.807, 2.05) is 30.3 Å². The molecule has 0 aliphatic heterocycles. The molecule has 2 aromatic carbocycles. The summed E-state index contributed by atoms with van der Waals surface area (Å²) in [6.07, 6.45) is -4.71. The molecule has 0 atom stereocenters. The van der Waals surface area contributed by atoms with E-state index in [4.69, 9.17) is 10.5 Å². The minimum Gasteiger partial charge on any atom is -0.406 e. The third-order valence-corrected chi connectivity index (χ3v) is 2.99. The number of rotatable bonds is 7. The fraction of sp³-hybridized carbons (Fsp3) is 0.235. The van der Waals surface area contributed by atoms with Crippen molar-refractivity contribution in [2.45, 2.75) is 13.0 Å². The Bertz CT molecular complexity index is 680. The van der Waals surface area contributed by atoms with E-state index in [0.717, 1.165) is 5.56 Å². The van der Waals surface area contributed by atoms with Crippen LogP contribution < -0.4 is 15.8 Å². The lowest BCUT2D eigenvalue weighted by Gasteiger charge is -2.10. The van der Waals surface area contributed by atoms with Crippen molar-refractivity contribution in [1.82, 2.24) is 0 Å². The Kier molecular flexibility index (Phi) is 9.21. The molecule has 0 radical (unpaired) electrons. The van der Waals surface area contributed by atoms with Crippen molar-refractivity contribution < 1.29 is 22.6 Å². The second-order valence-electron chi connectivity index (χ2n) is 5.00. The summed E-state index contributed by atoms with van der Waals surface area (Å²) in [6.45, 7) is 1.25. The summed E-state index contributed by atoms with van der Waals surface area (Å²) in [6, 6.07) is 14.9. The van der Waals surface area contributed by atoms with Crippen LogP contribution in [-0.2, 0) is 11.3 Å². The van der Waals surface area contributed by atoms with E-state index < -0.39 is 6.36 Å². The lowest BCUT2D eigenvalue weighted by Crippen LogP contribution is -2.23. The smallest absolute Gasteiger partial charge is 0.406 e. The van der Waals surface area contributed by atoms with Gasteiger partial charge in [-0.25, -0.2) is 0 Å². The number of halogens is 4. The number of guanidine groups is 1. The Morgan fingerprint density at radius 1 is 1.04 bits per heavy atom. The molecule has 2 rings (SSSR count). The largest absolute Gasteiger partial charge is 0.573 e. The molecule has 2 aromatic rings. The highest BCUT2D eigenvalue weighted by atomic mass is 127. The molecule has 0 aromatic heterocycles. The highest BCUT2D eigenvalue weighted by Crippen LogP contribution is 2.23. The third-order valence-electron chi connectivity index (χ3n) is 2.99. The minimum absolute atomic E-state index is 0. The summed E-state index contributed by atoms with van der Waals surface area (Å²) in [5.74, 6) is -0.157. The molecule has 0 bridgehead atoms. The summed E-state index contributed by atoms with van der Waals surface area (Å²) in [7, 11) is 0. The highest BCUT2D eigenvalue weighted by Gasteiger charge is 2.30. The molecule has 9 heteroatoms. The van der Waals surface area contributed by atoms with E-state index in [1.54, 1.807) is 0 Å². The van der Waals surface area contributed by atoms with Crippen LogP contribution in [0.1, 0.15) is 5.56 Å². The van der Waals surface area contributed by atoms with Crippen molar-refractivity contribution in [3.05, 3.63) is 60.2 Å². The van der Waals surface area contributed by atoms with Gasteiger partial charge >= 0.3 is 6.36 Å². The van der Waals surface area contributed by atoms with E-state index in [9.17, 15) is 13.2 Å². The van der Waals surface area contributed by atoms with Crippen molar-refractivity contribution in [1.29, 1.82) is 0 Å². The molecule has 142 valence electrons. The molecule has 0 aliphatic rings. The standard InChI is InChI=1S/C17H18F3N3O2.HI/c18-17(19,20)25-15-8-6-14(7-9-15)23-16(21)22-10-11-24-12-13-4-2-1-3-5-13;/h1-9H,10-12H2,(H3,21,22,23);1H. The molecule has 0 saturated carbocycles. The van der Waals surface area contributed by atoms with Crippen LogP contribution in [0.15, 0.2) is 59.6 Å². The van der Waals surface area contributed by atoms with Gasteiger partial charge in [-0.1, -0.05) is 30.3 Å². The average Bonchev–Trinajstić information content (AvgIpc) is 2.56. The Morgan fingerprint density at radius 2 is 1.69 bits per heavy atom. The Balaban J connectivity index is 0.00000338. The van der Waals surface area contributed by atoms with Crippen LogP contribution in [-0.4, -0.2) is 25.5 Å². The van der Waals surface area contributed by atoms with Crippen molar-refractivity contribution in [3.63, 3.8) is 0 Å². The number of nitrogens with two attached hydrogens (primary N) is 1. The molecule has 0 spiro atoms. The van der Waals surface area contributed by atoms with Gasteiger partial charge in [0.05, 0.1) is 19.8 Å². The highest BCUT2D eigenvalue weighted by molar-refractivity contribution is 14.0.